The van der Waals surface area contributed by atoms with Gasteiger partial charge in [-0.25, -0.2) is 5.84 Å². The summed E-state index contributed by atoms with van der Waals surface area (Å²) in [5.74, 6) is 4.80. The minimum absolute atomic E-state index is 0.288. The summed E-state index contributed by atoms with van der Waals surface area (Å²) in [6, 6.07) is 9.30. The maximum absolute atomic E-state index is 11.3. The summed E-state index contributed by atoms with van der Waals surface area (Å²) in [4.78, 5) is 15.6. The number of carbonyl (C=O) groups is 1. The highest BCUT2D eigenvalue weighted by Gasteiger charge is 2.06. The van der Waals surface area contributed by atoms with Gasteiger partial charge in [-0.15, -0.1) is 0 Å². The fourth-order valence-electron chi connectivity index (χ4n) is 1.84. The van der Waals surface area contributed by atoms with E-state index in [0.717, 1.165) is 22.4 Å². The second-order valence-corrected chi connectivity index (χ2v) is 4.12. The number of hydrogen-bond acceptors (Lipinski definition) is 3. The summed E-state index contributed by atoms with van der Waals surface area (Å²) in [5.41, 5.74) is 7.00. The fourth-order valence-corrected chi connectivity index (χ4v) is 1.84. The molecule has 0 spiro atoms. The molecule has 1 amide bonds. The first-order chi connectivity index (χ1) is 8.63. The predicted molar refractivity (Wildman–Crippen MR) is 70.8 cm³/mol. The summed E-state index contributed by atoms with van der Waals surface area (Å²) in [5, 5.41) is 0. The second-order valence-electron chi connectivity index (χ2n) is 4.12. The smallest absolute Gasteiger partial charge is 0.265 e. The number of nitrogens with zero attached hydrogens (tertiary/aromatic N) is 1. The monoisotopic (exact) mass is 241 g/mol. The lowest BCUT2D eigenvalue weighted by molar-refractivity contribution is 0.0953. The molecule has 4 heteroatoms. The topological polar surface area (TPSA) is 68.0 Å². The molecule has 0 aliphatic heterocycles. The largest absolute Gasteiger partial charge is 0.290 e. The average Bonchev–Trinajstić information content (AvgIpc) is 2.41. The van der Waals surface area contributed by atoms with E-state index < -0.39 is 0 Å². The molecule has 1 aromatic carbocycles. The third-order valence-corrected chi connectivity index (χ3v) is 3.05. The van der Waals surface area contributed by atoms with Gasteiger partial charge in [-0.2, -0.15) is 0 Å². The number of hydrazine groups is 1. The molecule has 18 heavy (non-hydrogen) atoms. The maximum Gasteiger partial charge on any atom is 0.265 e. The summed E-state index contributed by atoms with van der Waals surface area (Å²) in [7, 11) is 0. The Labute approximate surface area is 106 Å². The zero-order valence-electron chi connectivity index (χ0n) is 10.4. The van der Waals surface area contributed by atoms with E-state index in [1.54, 1.807) is 18.3 Å². The molecule has 1 heterocycles. The van der Waals surface area contributed by atoms with Crippen molar-refractivity contribution in [1.29, 1.82) is 0 Å². The van der Waals surface area contributed by atoms with Gasteiger partial charge in [-0.05, 0) is 48.7 Å². The van der Waals surface area contributed by atoms with Crippen LogP contribution < -0.4 is 11.3 Å². The first-order valence-electron chi connectivity index (χ1n) is 5.67. The lowest BCUT2D eigenvalue weighted by Gasteiger charge is -2.08. The van der Waals surface area contributed by atoms with E-state index in [2.05, 4.69) is 10.4 Å². The van der Waals surface area contributed by atoms with Crippen molar-refractivity contribution >= 4 is 5.91 Å². The first-order valence-corrected chi connectivity index (χ1v) is 5.67. The summed E-state index contributed by atoms with van der Waals surface area (Å²) < 4.78 is 0. The lowest BCUT2D eigenvalue weighted by atomic mass is 9.99. The molecule has 0 unspecified atom stereocenters. The van der Waals surface area contributed by atoms with Crippen LogP contribution in [-0.2, 0) is 0 Å². The Balaban J connectivity index is 2.40. The van der Waals surface area contributed by atoms with Crippen LogP contribution in [0.3, 0.4) is 0 Å². The molecule has 0 radical (unpaired) electrons. The Morgan fingerprint density at radius 3 is 2.44 bits per heavy atom. The molecule has 2 aromatic rings. The molecule has 1 aromatic heterocycles. The van der Waals surface area contributed by atoms with Crippen LogP contribution in [-0.4, -0.2) is 10.9 Å². The van der Waals surface area contributed by atoms with Crippen molar-refractivity contribution in [3.8, 4) is 11.1 Å². The van der Waals surface area contributed by atoms with Gasteiger partial charge in [0.1, 0.15) is 0 Å². The number of aromatic nitrogens is 1. The van der Waals surface area contributed by atoms with Crippen molar-refractivity contribution in [3.05, 3.63) is 53.3 Å². The van der Waals surface area contributed by atoms with Crippen LogP contribution in [0.5, 0.6) is 0 Å². The number of nitrogens with one attached hydrogen (secondary N) is 1. The van der Waals surface area contributed by atoms with Crippen LogP contribution in [0.2, 0.25) is 0 Å². The van der Waals surface area contributed by atoms with Crippen LogP contribution in [0.25, 0.3) is 11.1 Å². The van der Waals surface area contributed by atoms with Crippen LogP contribution >= 0.6 is 0 Å². The van der Waals surface area contributed by atoms with E-state index in [1.165, 1.54) is 0 Å². The van der Waals surface area contributed by atoms with E-state index in [-0.39, 0.29) is 5.91 Å². The van der Waals surface area contributed by atoms with Crippen molar-refractivity contribution in [2.24, 2.45) is 5.84 Å². The molecule has 0 saturated carbocycles. The quantitative estimate of drug-likeness (QED) is 0.480. The van der Waals surface area contributed by atoms with Crippen molar-refractivity contribution in [3.63, 3.8) is 0 Å². The molecule has 2 rings (SSSR count). The molecule has 0 aliphatic rings. The number of hydrogen-bond donors (Lipinski definition) is 2. The Morgan fingerprint density at radius 1 is 1.17 bits per heavy atom. The summed E-state index contributed by atoms with van der Waals surface area (Å²) in [6.07, 6.45) is 1.79. The molecular formula is C14H15N3O. The van der Waals surface area contributed by atoms with E-state index in [4.69, 9.17) is 5.84 Å². The standard InChI is InChI=1S/C14H15N3O/c1-9-10(2)16-8-7-13(9)11-3-5-12(6-4-11)14(18)17-15/h3-8H,15H2,1-2H3,(H,17,18). The number of benzene rings is 1. The minimum atomic E-state index is -0.288. The van der Waals surface area contributed by atoms with Crippen molar-refractivity contribution in [2.45, 2.75) is 13.8 Å². The molecule has 3 N–H and O–H groups in total. The molecule has 0 fully saturated rings. The molecule has 0 saturated heterocycles. The Kier molecular flexibility index (Phi) is 3.39. The molecule has 0 bridgehead atoms. The van der Waals surface area contributed by atoms with Gasteiger partial charge in [-0.1, -0.05) is 12.1 Å². The number of nitrogen functional groups attached to an aromatic ring is 1. The van der Waals surface area contributed by atoms with Gasteiger partial charge in [-0.3, -0.25) is 15.2 Å². The lowest BCUT2D eigenvalue weighted by Crippen LogP contribution is -2.29. The second kappa shape index (κ2) is 4.98. The van der Waals surface area contributed by atoms with Crippen molar-refractivity contribution in [2.75, 3.05) is 0 Å². The number of amides is 1. The normalized spacial score (nSPS) is 10.2. The van der Waals surface area contributed by atoms with E-state index in [0.29, 0.717) is 5.56 Å². The van der Waals surface area contributed by atoms with Gasteiger partial charge in [0, 0.05) is 17.5 Å². The molecule has 4 nitrogen and oxygen atoms in total. The summed E-state index contributed by atoms with van der Waals surface area (Å²) in [6.45, 7) is 4.02. The average molecular weight is 241 g/mol. The first kappa shape index (κ1) is 12.3. The molecule has 92 valence electrons. The molecular weight excluding hydrogens is 226 g/mol. The predicted octanol–water partition coefficient (Wildman–Crippen LogP) is 1.97. The number of carbonyl (C=O) groups excluding carboxylic acids is 1. The van der Waals surface area contributed by atoms with E-state index >= 15 is 0 Å². The Hall–Kier alpha value is -2.20. The van der Waals surface area contributed by atoms with Crippen molar-refractivity contribution < 1.29 is 4.79 Å². The maximum atomic E-state index is 11.3. The highest BCUT2D eigenvalue weighted by Crippen LogP contribution is 2.24. The van der Waals surface area contributed by atoms with Gasteiger partial charge >= 0.3 is 0 Å². The van der Waals surface area contributed by atoms with Gasteiger partial charge in [0.05, 0.1) is 0 Å². The highest BCUT2D eigenvalue weighted by atomic mass is 16.2. The van der Waals surface area contributed by atoms with Crippen LogP contribution in [0.1, 0.15) is 21.6 Å². The zero-order chi connectivity index (χ0) is 13.1. The van der Waals surface area contributed by atoms with Gasteiger partial charge in [0.25, 0.3) is 5.91 Å². The van der Waals surface area contributed by atoms with Gasteiger partial charge in [0.2, 0.25) is 0 Å². The number of aryl methyl sites for hydroxylation is 1. The Morgan fingerprint density at radius 2 is 1.83 bits per heavy atom. The third-order valence-electron chi connectivity index (χ3n) is 3.05. The number of pyridine rings is 1. The molecule has 0 aliphatic carbocycles. The minimum Gasteiger partial charge on any atom is -0.290 e. The highest BCUT2D eigenvalue weighted by molar-refractivity contribution is 5.94. The van der Waals surface area contributed by atoms with E-state index in [9.17, 15) is 4.79 Å². The van der Waals surface area contributed by atoms with E-state index in [1.807, 2.05) is 32.0 Å². The van der Waals surface area contributed by atoms with Crippen LogP contribution in [0.4, 0.5) is 0 Å². The third kappa shape index (κ3) is 2.24. The zero-order valence-corrected chi connectivity index (χ0v) is 10.4. The molecule has 0 atom stereocenters. The SMILES string of the molecule is Cc1nccc(-c2ccc(C(=O)NN)cc2)c1C. The van der Waals surface area contributed by atoms with Gasteiger partial charge in [0.15, 0.2) is 0 Å². The fraction of sp³-hybridized carbons (Fsp3) is 0.143. The summed E-state index contributed by atoms with van der Waals surface area (Å²) >= 11 is 0. The van der Waals surface area contributed by atoms with Gasteiger partial charge < -0.3 is 0 Å². The Bertz CT molecular complexity index is 576. The van der Waals surface area contributed by atoms with Crippen molar-refractivity contribution in [1.82, 2.24) is 10.4 Å². The van der Waals surface area contributed by atoms with Crippen LogP contribution in [0, 0.1) is 13.8 Å². The number of nitrogens with two attached hydrogens (primary N) is 1. The number of rotatable bonds is 2. The van der Waals surface area contributed by atoms with Crippen LogP contribution in [0.15, 0.2) is 36.5 Å².